The number of benzene rings is 1. The lowest BCUT2D eigenvalue weighted by Crippen LogP contribution is -2.44. The van der Waals surface area contributed by atoms with Crippen LogP contribution in [0, 0.1) is 11.7 Å². The smallest absolute Gasteiger partial charge is 0.308 e. The first-order valence-electron chi connectivity index (χ1n) is 7.57. The maximum atomic E-state index is 13.6. The summed E-state index contributed by atoms with van der Waals surface area (Å²) >= 11 is 3.14. The minimum Gasteiger partial charge on any atom is -0.481 e. The molecule has 2 rings (SSSR count). The van der Waals surface area contributed by atoms with Gasteiger partial charge < -0.3 is 15.2 Å². The number of rotatable bonds is 5. The zero-order valence-corrected chi connectivity index (χ0v) is 14.1. The maximum absolute atomic E-state index is 13.6. The van der Waals surface area contributed by atoms with Crippen LogP contribution in [0.2, 0.25) is 0 Å². The second-order valence-corrected chi connectivity index (χ2v) is 6.54. The van der Waals surface area contributed by atoms with Gasteiger partial charge in [0.15, 0.2) is 18.2 Å². The van der Waals surface area contributed by atoms with Crippen molar-refractivity contribution in [3.63, 3.8) is 0 Å². The molecule has 2 N–H and O–H groups in total. The Morgan fingerprint density at radius 2 is 2.04 bits per heavy atom. The lowest BCUT2D eigenvalue weighted by Gasteiger charge is -2.22. The van der Waals surface area contributed by atoms with Gasteiger partial charge in [-0.15, -0.1) is 0 Å². The molecular formula is C16H19BrFNO4. The fraction of sp³-hybridized carbons (Fsp3) is 0.500. The second kappa shape index (κ2) is 8.29. The van der Waals surface area contributed by atoms with E-state index in [1.807, 2.05) is 0 Å². The molecule has 7 heteroatoms. The summed E-state index contributed by atoms with van der Waals surface area (Å²) < 4.78 is 19.4. The average molecular weight is 388 g/mol. The van der Waals surface area contributed by atoms with Gasteiger partial charge in [0.1, 0.15) is 0 Å². The van der Waals surface area contributed by atoms with Crippen LogP contribution in [0.4, 0.5) is 4.39 Å². The number of halogens is 2. The van der Waals surface area contributed by atoms with Crippen LogP contribution in [0.5, 0.6) is 5.75 Å². The Balaban J connectivity index is 1.91. The van der Waals surface area contributed by atoms with Crippen LogP contribution in [0.3, 0.4) is 0 Å². The Morgan fingerprint density at radius 3 is 2.74 bits per heavy atom. The highest BCUT2D eigenvalue weighted by Crippen LogP contribution is 2.24. The van der Waals surface area contributed by atoms with Crippen LogP contribution in [-0.2, 0) is 9.59 Å². The fourth-order valence-corrected chi connectivity index (χ4v) is 3.09. The Kier molecular flexibility index (Phi) is 6.38. The largest absolute Gasteiger partial charge is 0.481 e. The number of carboxylic acids is 1. The van der Waals surface area contributed by atoms with Crippen molar-refractivity contribution >= 4 is 27.8 Å². The first-order valence-corrected chi connectivity index (χ1v) is 8.36. The molecule has 0 saturated heterocycles. The van der Waals surface area contributed by atoms with Gasteiger partial charge in [-0.25, -0.2) is 4.39 Å². The van der Waals surface area contributed by atoms with Crippen LogP contribution >= 0.6 is 15.9 Å². The molecule has 1 aromatic rings. The minimum atomic E-state index is -0.892. The van der Waals surface area contributed by atoms with E-state index in [0.717, 1.165) is 19.3 Å². The lowest BCUT2D eigenvalue weighted by molar-refractivity contribution is -0.143. The number of hydrogen-bond donors (Lipinski definition) is 2. The third-order valence-electron chi connectivity index (χ3n) is 3.93. The van der Waals surface area contributed by atoms with Crippen molar-refractivity contribution in [3.05, 3.63) is 28.5 Å². The van der Waals surface area contributed by atoms with E-state index in [2.05, 4.69) is 21.2 Å². The number of amides is 1. The summed E-state index contributed by atoms with van der Waals surface area (Å²) in [6, 6.07) is 3.89. The van der Waals surface area contributed by atoms with Crippen molar-refractivity contribution in [2.24, 2.45) is 5.92 Å². The van der Waals surface area contributed by atoms with Gasteiger partial charge in [-0.1, -0.05) is 35.2 Å². The van der Waals surface area contributed by atoms with Crippen LogP contribution < -0.4 is 10.1 Å². The molecule has 1 saturated carbocycles. The summed E-state index contributed by atoms with van der Waals surface area (Å²) in [7, 11) is 0. The van der Waals surface area contributed by atoms with Gasteiger partial charge in [-0.05, 0) is 31.0 Å². The summed E-state index contributed by atoms with van der Waals surface area (Å²) in [5.74, 6) is -2.49. The van der Waals surface area contributed by atoms with Crippen molar-refractivity contribution in [2.45, 2.75) is 38.1 Å². The molecule has 1 amide bonds. The van der Waals surface area contributed by atoms with Gasteiger partial charge in [-0.3, -0.25) is 9.59 Å². The van der Waals surface area contributed by atoms with Crippen molar-refractivity contribution in [1.29, 1.82) is 0 Å². The molecule has 0 radical (unpaired) electrons. The van der Waals surface area contributed by atoms with Gasteiger partial charge in [0.25, 0.3) is 5.91 Å². The quantitative estimate of drug-likeness (QED) is 0.761. The molecule has 23 heavy (non-hydrogen) atoms. The van der Waals surface area contributed by atoms with Crippen LogP contribution in [0.25, 0.3) is 0 Å². The number of carboxylic acid groups (broad SMARTS) is 1. The number of ether oxygens (including phenoxy) is 1. The third kappa shape index (κ3) is 5.20. The SMILES string of the molecule is O=C(COc1ccc(Br)cc1F)N[C@H]1CCCCC[C@H]1C(=O)O. The zero-order valence-electron chi connectivity index (χ0n) is 12.6. The lowest BCUT2D eigenvalue weighted by atomic mass is 9.95. The van der Waals surface area contributed by atoms with E-state index in [4.69, 9.17) is 4.74 Å². The molecule has 1 aromatic carbocycles. The predicted molar refractivity (Wildman–Crippen MR) is 85.7 cm³/mol. The van der Waals surface area contributed by atoms with Gasteiger partial charge in [0.2, 0.25) is 0 Å². The molecule has 0 heterocycles. The van der Waals surface area contributed by atoms with Crippen molar-refractivity contribution < 1.29 is 23.8 Å². The highest BCUT2D eigenvalue weighted by molar-refractivity contribution is 9.10. The van der Waals surface area contributed by atoms with Gasteiger partial charge in [0.05, 0.1) is 5.92 Å². The van der Waals surface area contributed by atoms with Crippen molar-refractivity contribution in [3.8, 4) is 5.75 Å². The second-order valence-electron chi connectivity index (χ2n) is 5.62. The van der Waals surface area contributed by atoms with E-state index in [-0.39, 0.29) is 12.4 Å². The summed E-state index contributed by atoms with van der Waals surface area (Å²) in [5, 5.41) is 12.0. The molecule has 0 spiro atoms. The van der Waals surface area contributed by atoms with Gasteiger partial charge >= 0.3 is 5.97 Å². The number of aliphatic carboxylic acids is 1. The zero-order chi connectivity index (χ0) is 16.8. The molecule has 0 bridgehead atoms. The molecule has 126 valence electrons. The van der Waals surface area contributed by atoms with E-state index in [9.17, 15) is 19.1 Å². The van der Waals surface area contributed by atoms with Gasteiger partial charge in [-0.2, -0.15) is 0 Å². The highest BCUT2D eigenvalue weighted by atomic mass is 79.9. The third-order valence-corrected chi connectivity index (χ3v) is 4.43. The molecule has 1 aliphatic carbocycles. The number of carbonyl (C=O) groups is 2. The van der Waals surface area contributed by atoms with Gasteiger partial charge in [0, 0.05) is 10.5 Å². The molecule has 1 aliphatic rings. The Morgan fingerprint density at radius 1 is 1.30 bits per heavy atom. The van der Waals surface area contributed by atoms with Crippen LogP contribution in [0.15, 0.2) is 22.7 Å². The molecule has 0 aliphatic heterocycles. The van der Waals surface area contributed by atoms with Crippen molar-refractivity contribution in [1.82, 2.24) is 5.32 Å². The molecule has 5 nitrogen and oxygen atoms in total. The maximum Gasteiger partial charge on any atom is 0.308 e. The van der Waals surface area contributed by atoms with Crippen LogP contribution in [0.1, 0.15) is 32.1 Å². The molecule has 0 unspecified atom stereocenters. The summed E-state index contributed by atoms with van der Waals surface area (Å²) in [4.78, 5) is 23.3. The van der Waals surface area contributed by atoms with Crippen LogP contribution in [-0.4, -0.2) is 29.6 Å². The van der Waals surface area contributed by atoms with E-state index in [0.29, 0.717) is 17.3 Å². The van der Waals surface area contributed by atoms with E-state index in [1.165, 1.54) is 12.1 Å². The fourth-order valence-electron chi connectivity index (χ4n) is 2.76. The van der Waals surface area contributed by atoms with E-state index >= 15 is 0 Å². The van der Waals surface area contributed by atoms with E-state index < -0.39 is 29.7 Å². The minimum absolute atomic E-state index is 0.0148. The molecule has 2 atom stereocenters. The summed E-state index contributed by atoms with van der Waals surface area (Å²) in [5.41, 5.74) is 0. The average Bonchev–Trinajstić information content (AvgIpc) is 2.72. The van der Waals surface area contributed by atoms with E-state index in [1.54, 1.807) is 6.07 Å². The topological polar surface area (TPSA) is 75.6 Å². The number of nitrogens with one attached hydrogen (secondary N) is 1. The number of carbonyl (C=O) groups excluding carboxylic acids is 1. The standard InChI is InChI=1S/C16H19BrFNO4/c17-10-6-7-14(12(18)8-10)23-9-15(20)19-13-5-3-1-2-4-11(13)16(21)22/h6-8,11,13H,1-5,9H2,(H,19,20)(H,21,22)/t11-,13+/m1/s1. The monoisotopic (exact) mass is 387 g/mol. The summed E-state index contributed by atoms with van der Waals surface area (Å²) in [6.45, 7) is -0.346. The summed E-state index contributed by atoms with van der Waals surface area (Å²) in [6.07, 6.45) is 3.90. The van der Waals surface area contributed by atoms with Crippen molar-refractivity contribution in [2.75, 3.05) is 6.61 Å². The molecule has 0 aromatic heterocycles. The Hall–Kier alpha value is -1.63. The predicted octanol–water partition coefficient (Wildman–Crippen LogP) is 3.12. The molecular weight excluding hydrogens is 369 g/mol. The first kappa shape index (κ1) is 17.7. The molecule has 1 fully saturated rings. The Labute approximate surface area is 142 Å². The first-order chi connectivity index (χ1) is 11.0. The Bertz CT molecular complexity index is 581. The number of hydrogen-bond acceptors (Lipinski definition) is 3. The normalized spacial score (nSPS) is 21.3. The highest BCUT2D eigenvalue weighted by Gasteiger charge is 2.30.